The Balaban J connectivity index is 1.30. The van der Waals surface area contributed by atoms with Crippen molar-refractivity contribution in [1.82, 2.24) is 0 Å². The van der Waals surface area contributed by atoms with E-state index in [2.05, 4.69) is 25.3 Å². The van der Waals surface area contributed by atoms with Gasteiger partial charge in [0.25, 0.3) is 0 Å². The maximum atomic E-state index is 12.9. The summed E-state index contributed by atoms with van der Waals surface area (Å²) in [5, 5.41) is 0.148. The number of rotatable bonds is 20. The van der Waals surface area contributed by atoms with Crippen molar-refractivity contribution in [2.45, 2.75) is 74.7 Å². The van der Waals surface area contributed by atoms with Crippen LogP contribution in [0.5, 0.6) is 0 Å². The van der Waals surface area contributed by atoms with Gasteiger partial charge in [0, 0.05) is 33.5 Å². The highest BCUT2D eigenvalue weighted by molar-refractivity contribution is 8.00. The summed E-state index contributed by atoms with van der Waals surface area (Å²) in [4.78, 5) is 98.0. The van der Waals surface area contributed by atoms with Crippen LogP contribution < -0.4 is 0 Å². The van der Waals surface area contributed by atoms with Crippen LogP contribution >= 0.6 is 48.8 Å². The molecule has 2 saturated carbocycles. The van der Waals surface area contributed by atoms with Crippen LogP contribution in [0.4, 0.5) is 0 Å². The molecule has 0 amide bonds. The molecule has 284 valence electrons. The van der Waals surface area contributed by atoms with E-state index in [1.54, 1.807) is 0 Å². The van der Waals surface area contributed by atoms with Crippen LogP contribution in [0.2, 0.25) is 0 Å². The molecule has 0 aromatic carbocycles. The van der Waals surface area contributed by atoms with E-state index in [1.165, 1.54) is 23.5 Å². The molecule has 2 aliphatic carbocycles. The molecule has 2 heterocycles. The zero-order chi connectivity index (χ0) is 37.0. The van der Waals surface area contributed by atoms with Crippen molar-refractivity contribution in [3.8, 4) is 0 Å². The molecule has 6 atom stereocenters. The number of ether oxygens (including phenoxy) is 6. The van der Waals surface area contributed by atoms with Crippen molar-refractivity contribution in [1.29, 1.82) is 0 Å². The van der Waals surface area contributed by atoms with Gasteiger partial charge < -0.3 is 28.4 Å². The van der Waals surface area contributed by atoms with Crippen LogP contribution in [0.25, 0.3) is 0 Å². The highest BCUT2D eigenvalue weighted by Gasteiger charge is 2.48. The number of thioether (sulfide) groups is 2. The third-order valence-electron chi connectivity index (χ3n) is 9.33. The summed E-state index contributed by atoms with van der Waals surface area (Å²) >= 11 is 11.1. The van der Waals surface area contributed by atoms with Crippen molar-refractivity contribution in [3.05, 3.63) is 0 Å². The zero-order valence-corrected chi connectivity index (χ0v) is 31.5. The summed E-state index contributed by atoms with van der Waals surface area (Å²) in [5.41, 5.74) is -1.41. The minimum atomic E-state index is -1.41. The first-order chi connectivity index (χ1) is 24.4. The Morgan fingerprint density at radius 2 is 0.882 bits per heavy atom. The molecule has 2 saturated heterocycles. The average Bonchev–Trinajstić information content (AvgIpc) is 3.55. The molecular formula is C33H44O14S4. The van der Waals surface area contributed by atoms with Gasteiger partial charge in [-0.1, -0.05) is 0 Å². The third kappa shape index (κ3) is 12.3. The van der Waals surface area contributed by atoms with Crippen LogP contribution in [-0.4, -0.2) is 108 Å². The smallest absolute Gasteiger partial charge is 0.317 e. The summed E-state index contributed by atoms with van der Waals surface area (Å²) in [5.74, 6) is -4.72. The van der Waals surface area contributed by atoms with E-state index in [4.69, 9.17) is 28.4 Å². The highest BCUT2D eigenvalue weighted by Crippen LogP contribution is 2.42. The standard InChI is InChI=1S/C33H44O14S4/c34-25(5-9-48)42-15-33(16-43-26(35)6-10-49,17-44-27(36)7-11-50-19-1-3-21-23(13-19)31(40)46-29(21)38)18-45-28(37)8-12-51-20-2-4-22-24(14-20)32(41)47-30(22)39/h19-24,48-49H,1-18H2. The molecule has 0 aromatic rings. The third-order valence-corrected chi connectivity index (χ3v) is 12.5. The van der Waals surface area contributed by atoms with Crippen LogP contribution in [0, 0.1) is 29.1 Å². The summed E-state index contributed by atoms with van der Waals surface area (Å²) in [6.07, 6.45) is 3.53. The Bertz CT molecular complexity index is 1230. The number of thiol groups is 2. The Kier molecular flexibility index (Phi) is 16.3. The fraction of sp³-hybridized carbons (Fsp3) is 0.758. The Labute approximate surface area is 315 Å². The molecule has 2 aliphatic heterocycles. The first-order valence-electron chi connectivity index (χ1n) is 17.0. The van der Waals surface area contributed by atoms with Gasteiger partial charge in [-0.3, -0.25) is 38.4 Å². The van der Waals surface area contributed by atoms with Gasteiger partial charge in [0.15, 0.2) is 0 Å². The maximum absolute atomic E-state index is 12.9. The summed E-state index contributed by atoms with van der Waals surface area (Å²) < 4.78 is 31.5. The van der Waals surface area contributed by atoms with Crippen molar-refractivity contribution in [2.75, 3.05) is 49.4 Å². The molecule has 0 radical (unpaired) electrons. The molecule has 51 heavy (non-hydrogen) atoms. The second kappa shape index (κ2) is 20.1. The van der Waals surface area contributed by atoms with E-state index in [0.29, 0.717) is 50.0 Å². The number of cyclic esters (lactones) is 4. The second-order valence-electron chi connectivity index (χ2n) is 13.1. The average molecular weight is 793 g/mol. The maximum Gasteiger partial charge on any atom is 0.317 e. The molecule has 4 aliphatic rings. The van der Waals surface area contributed by atoms with Crippen molar-refractivity contribution >= 4 is 96.5 Å². The van der Waals surface area contributed by atoms with Crippen LogP contribution in [0.15, 0.2) is 0 Å². The molecular weight excluding hydrogens is 749 g/mol. The molecule has 0 aromatic heterocycles. The van der Waals surface area contributed by atoms with Crippen LogP contribution in [0.1, 0.15) is 64.2 Å². The molecule has 14 nitrogen and oxygen atoms in total. The van der Waals surface area contributed by atoms with E-state index in [1.807, 2.05) is 0 Å². The lowest BCUT2D eigenvalue weighted by atomic mass is 9.81. The van der Waals surface area contributed by atoms with Crippen LogP contribution in [-0.2, 0) is 66.8 Å². The fourth-order valence-electron chi connectivity index (χ4n) is 6.43. The van der Waals surface area contributed by atoms with Gasteiger partial charge >= 0.3 is 47.8 Å². The van der Waals surface area contributed by atoms with Gasteiger partial charge in [-0.25, -0.2) is 0 Å². The van der Waals surface area contributed by atoms with Gasteiger partial charge in [-0.05, 0) is 38.5 Å². The quantitative estimate of drug-likeness (QED) is 0.0791. The van der Waals surface area contributed by atoms with Gasteiger partial charge in [-0.15, -0.1) is 0 Å². The lowest BCUT2D eigenvalue weighted by Gasteiger charge is -2.32. The van der Waals surface area contributed by atoms with E-state index in [9.17, 15) is 38.4 Å². The van der Waals surface area contributed by atoms with Crippen molar-refractivity contribution in [2.24, 2.45) is 29.1 Å². The van der Waals surface area contributed by atoms with E-state index < -0.39 is 76.8 Å². The summed E-state index contributed by atoms with van der Waals surface area (Å²) in [6.45, 7) is -1.53. The predicted molar refractivity (Wildman–Crippen MR) is 189 cm³/mol. The lowest BCUT2D eigenvalue weighted by molar-refractivity contribution is -0.170. The first kappa shape index (κ1) is 41.3. The second-order valence-corrected chi connectivity index (χ2v) is 16.8. The predicted octanol–water partition coefficient (Wildman–Crippen LogP) is 2.77. The van der Waals surface area contributed by atoms with E-state index in [0.717, 1.165) is 0 Å². The van der Waals surface area contributed by atoms with Crippen LogP contribution in [0.3, 0.4) is 0 Å². The topological polar surface area (TPSA) is 192 Å². The number of fused-ring (bicyclic) bond motifs is 2. The number of esters is 8. The first-order valence-corrected chi connectivity index (χ1v) is 20.4. The van der Waals surface area contributed by atoms with Crippen molar-refractivity contribution in [3.63, 3.8) is 0 Å². The fourth-order valence-corrected chi connectivity index (χ4v) is 9.32. The molecule has 0 bridgehead atoms. The summed E-state index contributed by atoms with van der Waals surface area (Å²) in [7, 11) is 0. The van der Waals surface area contributed by atoms with Gasteiger partial charge in [-0.2, -0.15) is 48.8 Å². The molecule has 0 spiro atoms. The molecule has 4 fully saturated rings. The SMILES string of the molecule is O=C(CCS)OCC(COC(=O)CCS)(COC(=O)CCSC1CCC2C(=O)OC(=O)C2C1)COC(=O)CCSC1CCC2C(=O)OC(=O)C2C1. The molecule has 6 unspecified atom stereocenters. The molecule has 0 N–H and O–H groups in total. The van der Waals surface area contributed by atoms with Crippen molar-refractivity contribution < 1.29 is 66.8 Å². The minimum absolute atomic E-state index is 0.00401. The number of carbonyl (C=O) groups is 8. The molecule has 4 rings (SSSR count). The molecule has 18 heteroatoms. The number of hydrogen-bond donors (Lipinski definition) is 2. The number of carbonyl (C=O) groups excluding carboxylic acids is 8. The van der Waals surface area contributed by atoms with E-state index in [-0.39, 0.29) is 74.1 Å². The monoisotopic (exact) mass is 792 g/mol. The van der Waals surface area contributed by atoms with Gasteiger partial charge in [0.05, 0.1) is 49.4 Å². The normalized spacial score (nSPS) is 25.7. The zero-order valence-electron chi connectivity index (χ0n) is 28.1. The Morgan fingerprint density at radius 3 is 1.24 bits per heavy atom. The summed E-state index contributed by atoms with van der Waals surface area (Å²) in [6, 6.07) is 0. The van der Waals surface area contributed by atoms with Gasteiger partial charge in [0.2, 0.25) is 0 Å². The lowest BCUT2D eigenvalue weighted by Crippen LogP contribution is -2.44. The highest BCUT2D eigenvalue weighted by atomic mass is 32.2. The largest absolute Gasteiger partial charge is 0.465 e. The Hall–Kier alpha value is -2.44. The van der Waals surface area contributed by atoms with Gasteiger partial charge in [0.1, 0.15) is 31.8 Å². The van der Waals surface area contributed by atoms with E-state index >= 15 is 0 Å². The Morgan fingerprint density at radius 1 is 0.549 bits per heavy atom. The number of hydrogen-bond acceptors (Lipinski definition) is 18. The minimum Gasteiger partial charge on any atom is -0.465 e.